The molecule has 0 saturated carbocycles. The lowest BCUT2D eigenvalue weighted by Crippen LogP contribution is -2.30. The van der Waals surface area contributed by atoms with Crippen LogP contribution >= 0.6 is 0 Å². The number of nitrogens with zero attached hydrogens (tertiary/aromatic N) is 1. The quantitative estimate of drug-likeness (QED) is 0.732. The number of carboxylic acid groups (broad SMARTS) is 1. The molecule has 0 aliphatic carbocycles. The zero-order valence-corrected chi connectivity index (χ0v) is 8.82. The molecule has 0 unspecified atom stereocenters. The van der Waals surface area contributed by atoms with Crippen LogP contribution in [0.4, 0.5) is 4.79 Å². The van der Waals surface area contributed by atoms with Gasteiger partial charge in [0.2, 0.25) is 0 Å². The maximum absolute atomic E-state index is 11.2. The summed E-state index contributed by atoms with van der Waals surface area (Å²) in [6.45, 7) is 3.93. The number of amides is 1. The van der Waals surface area contributed by atoms with Gasteiger partial charge in [-0.3, -0.25) is 4.79 Å². The average Bonchev–Trinajstić information content (AvgIpc) is 2.01. The van der Waals surface area contributed by atoms with Crippen LogP contribution in [-0.2, 0) is 9.53 Å². The fraction of sp³-hybridized carbons (Fsp3) is 0.778. The van der Waals surface area contributed by atoms with Gasteiger partial charge in [-0.25, -0.2) is 4.79 Å². The number of carbonyl (C=O) groups excluding carboxylic acids is 1. The summed E-state index contributed by atoms with van der Waals surface area (Å²) in [6.07, 6.45) is -0.0481. The molecule has 82 valence electrons. The molecule has 0 saturated heterocycles. The number of ether oxygens (including phenoxy) is 1. The fourth-order valence-corrected chi connectivity index (χ4v) is 0.850. The molecule has 14 heavy (non-hydrogen) atoms. The Morgan fingerprint density at radius 1 is 1.43 bits per heavy atom. The summed E-state index contributed by atoms with van der Waals surface area (Å²) >= 11 is 0. The second-order valence-electron chi connectivity index (χ2n) is 3.35. The third-order valence-electron chi connectivity index (χ3n) is 1.53. The van der Waals surface area contributed by atoms with E-state index in [2.05, 4.69) is 0 Å². The molecule has 0 radical (unpaired) electrons. The van der Waals surface area contributed by atoms with Crippen molar-refractivity contribution >= 4 is 12.1 Å². The maximum Gasteiger partial charge on any atom is 0.409 e. The molecule has 0 rings (SSSR count). The van der Waals surface area contributed by atoms with E-state index in [0.717, 1.165) is 0 Å². The van der Waals surface area contributed by atoms with Crippen LogP contribution in [0.2, 0.25) is 0 Å². The van der Waals surface area contributed by atoms with Gasteiger partial charge in [-0.2, -0.15) is 0 Å². The Balaban J connectivity index is 3.67. The van der Waals surface area contributed by atoms with E-state index in [9.17, 15) is 9.59 Å². The maximum atomic E-state index is 11.2. The lowest BCUT2D eigenvalue weighted by atomic mass is 10.3. The van der Waals surface area contributed by atoms with Gasteiger partial charge in [0.15, 0.2) is 0 Å². The minimum Gasteiger partial charge on any atom is -0.481 e. The molecule has 0 aromatic carbocycles. The Kier molecular flexibility index (Phi) is 5.67. The van der Waals surface area contributed by atoms with Gasteiger partial charge in [0.25, 0.3) is 0 Å². The Morgan fingerprint density at radius 2 is 2.00 bits per heavy atom. The van der Waals surface area contributed by atoms with Crippen molar-refractivity contribution in [2.24, 2.45) is 0 Å². The van der Waals surface area contributed by atoms with Crippen molar-refractivity contribution in [3.05, 3.63) is 0 Å². The summed E-state index contributed by atoms with van der Waals surface area (Å²) in [5.74, 6) is -0.851. The predicted molar refractivity (Wildman–Crippen MR) is 51.1 cm³/mol. The summed E-state index contributed by atoms with van der Waals surface area (Å²) in [5, 5.41) is 8.38. The number of hydrogen-bond donors (Lipinski definition) is 1. The largest absolute Gasteiger partial charge is 0.481 e. The van der Waals surface area contributed by atoms with E-state index in [0.29, 0.717) is 13.0 Å². The van der Waals surface area contributed by atoms with Crippen LogP contribution in [-0.4, -0.2) is 41.8 Å². The first-order valence-electron chi connectivity index (χ1n) is 4.57. The van der Waals surface area contributed by atoms with Crippen molar-refractivity contribution in [1.29, 1.82) is 0 Å². The first-order valence-corrected chi connectivity index (χ1v) is 4.57. The fourth-order valence-electron chi connectivity index (χ4n) is 0.850. The number of aliphatic carboxylic acids is 1. The smallest absolute Gasteiger partial charge is 0.409 e. The van der Waals surface area contributed by atoms with E-state index in [1.807, 2.05) is 0 Å². The zero-order chi connectivity index (χ0) is 11.1. The molecule has 0 spiro atoms. The number of hydrogen-bond acceptors (Lipinski definition) is 3. The van der Waals surface area contributed by atoms with Gasteiger partial charge >= 0.3 is 12.1 Å². The topological polar surface area (TPSA) is 66.8 Å². The second kappa shape index (κ2) is 6.23. The predicted octanol–water partition coefficient (Wildman–Crippen LogP) is 1.33. The Bertz CT molecular complexity index is 203. The Morgan fingerprint density at radius 3 is 2.43 bits per heavy atom. The van der Waals surface area contributed by atoms with Crippen LogP contribution in [0, 0.1) is 0 Å². The summed E-state index contributed by atoms with van der Waals surface area (Å²) in [4.78, 5) is 22.8. The van der Waals surface area contributed by atoms with Crippen molar-refractivity contribution in [3.63, 3.8) is 0 Å². The second-order valence-corrected chi connectivity index (χ2v) is 3.35. The van der Waals surface area contributed by atoms with Gasteiger partial charge < -0.3 is 14.7 Å². The van der Waals surface area contributed by atoms with Crippen molar-refractivity contribution in [1.82, 2.24) is 4.90 Å². The van der Waals surface area contributed by atoms with Crippen molar-refractivity contribution < 1.29 is 19.4 Å². The van der Waals surface area contributed by atoms with Gasteiger partial charge in [0.05, 0.1) is 6.10 Å². The normalized spacial score (nSPS) is 10.0. The molecular weight excluding hydrogens is 186 g/mol. The summed E-state index contributed by atoms with van der Waals surface area (Å²) in [5.41, 5.74) is 0. The van der Waals surface area contributed by atoms with Crippen LogP contribution < -0.4 is 0 Å². The van der Waals surface area contributed by atoms with Crippen LogP contribution in [0.25, 0.3) is 0 Å². The average molecular weight is 203 g/mol. The lowest BCUT2D eigenvalue weighted by Gasteiger charge is -2.17. The number of carboxylic acids is 1. The van der Waals surface area contributed by atoms with Gasteiger partial charge in [-0.05, 0) is 20.3 Å². The lowest BCUT2D eigenvalue weighted by molar-refractivity contribution is -0.137. The SMILES string of the molecule is CC(C)OC(=O)N(C)CCCC(=O)O. The number of carbonyl (C=O) groups is 2. The van der Waals surface area contributed by atoms with Crippen LogP contribution in [0.3, 0.4) is 0 Å². The summed E-state index contributed by atoms with van der Waals surface area (Å²) in [7, 11) is 1.59. The van der Waals surface area contributed by atoms with E-state index in [1.165, 1.54) is 4.90 Å². The summed E-state index contributed by atoms with van der Waals surface area (Å²) < 4.78 is 4.91. The highest BCUT2D eigenvalue weighted by Crippen LogP contribution is 1.98. The first-order chi connectivity index (χ1) is 6.43. The van der Waals surface area contributed by atoms with Crippen molar-refractivity contribution in [2.45, 2.75) is 32.8 Å². The van der Waals surface area contributed by atoms with E-state index in [-0.39, 0.29) is 12.5 Å². The van der Waals surface area contributed by atoms with Gasteiger partial charge in [0, 0.05) is 20.0 Å². The molecule has 5 heteroatoms. The minimum atomic E-state index is -0.851. The zero-order valence-electron chi connectivity index (χ0n) is 8.82. The molecule has 0 bridgehead atoms. The molecule has 0 aliphatic rings. The molecule has 0 fully saturated rings. The Hall–Kier alpha value is -1.26. The highest BCUT2D eigenvalue weighted by atomic mass is 16.6. The molecule has 0 aromatic rings. The Labute approximate surface area is 83.6 Å². The molecule has 0 atom stereocenters. The van der Waals surface area contributed by atoms with Gasteiger partial charge in [-0.1, -0.05) is 0 Å². The van der Waals surface area contributed by atoms with Crippen LogP contribution in [0.15, 0.2) is 0 Å². The molecule has 1 amide bonds. The third-order valence-corrected chi connectivity index (χ3v) is 1.53. The van der Waals surface area contributed by atoms with E-state index in [1.54, 1.807) is 20.9 Å². The standard InChI is InChI=1S/C9H17NO4/c1-7(2)14-9(13)10(3)6-4-5-8(11)12/h7H,4-6H2,1-3H3,(H,11,12). The van der Waals surface area contributed by atoms with Crippen LogP contribution in [0.5, 0.6) is 0 Å². The summed E-state index contributed by atoms with van der Waals surface area (Å²) in [6, 6.07) is 0. The van der Waals surface area contributed by atoms with Crippen molar-refractivity contribution in [2.75, 3.05) is 13.6 Å². The van der Waals surface area contributed by atoms with E-state index >= 15 is 0 Å². The third kappa shape index (κ3) is 6.28. The van der Waals surface area contributed by atoms with Gasteiger partial charge in [-0.15, -0.1) is 0 Å². The monoisotopic (exact) mass is 203 g/mol. The number of rotatable bonds is 5. The molecule has 5 nitrogen and oxygen atoms in total. The molecule has 0 aliphatic heterocycles. The first kappa shape index (κ1) is 12.7. The van der Waals surface area contributed by atoms with Crippen molar-refractivity contribution in [3.8, 4) is 0 Å². The molecule has 1 N–H and O–H groups in total. The van der Waals surface area contributed by atoms with E-state index in [4.69, 9.17) is 9.84 Å². The van der Waals surface area contributed by atoms with Crippen LogP contribution in [0.1, 0.15) is 26.7 Å². The minimum absolute atomic E-state index is 0.0687. The van der Waals surface area contributed by atoms with E-state index < -0.39 is 12.1 Å². The highest BCUT2D eigenvalue weighted by Gasteiger charge is 2.11. The van der Waals surface area contributed by atoms with Gasteiger partial charge in [0.1, 0.15) is 0 Å². The highest BCUT2D eigenvalue weighted by molar-refractivity contribution is 5.68. The molecule has 0 heterocycles. The molecule has 0 aromatic heterocycles. The molecular formula is C9H17NO4.